The topological polar surface area (TPSA) is 72.8 Å². The number of carbonyl (C=O) groups excluding carboxylic acids is 1. The lowest BCUT2D eigenvalue weighted by atomic mass is 10.6. The zero-order chi connectivity index (χ0) is 8.69. The van der Waals surface area contributed by atoms with E-state index in [4.69, 9.17) is 4.55 Å². The molecule has 1 atom stereocenters. The second-order valence-electron chi connectivity index (χ2n) is 1.41. The minimum Gasteiger partial charge on any atom is -0.460 e. The zero-order valence-corrected chi connectivity index (χ0v) is 6.50. The molecule has 0 aliphatic rings. The summed E-state index contributed by atoms with van der Waals surface area (Å²) < 4.78 is 26.5. The second-order valence-corrected chi connectivity index (χ2v) is 2.08. The van der Waals surface area contributed by atoms with Gasteiger partial charge in [0.05, 0.1) is 0 Å². The molecule has 0 saturated carbocycles. The molecular weight excluding hydrogens is 172 g/mol. The lowest BCUT2D eigenvalue weighted by Gasteiger charge is -1.98. The van der Waals surface area contributed by atoms with Crippen LogP contribution in [0.4, 0.5) is 0 Å². The van der Waals surface area contributed by atoms with Crippen LogP contribution in [0.1, 0.15) is 0 Å². The predicted octanol–water partition coefficient (Wildman–Crippen LogP) is -0.131. The van der Waals surface area contributed by atoms with Crippen molar-refractivity contribution in [3.63, 3.8) is 0 Å². The van der Waals surface area contributed by atoms with Crippen LogP contribution >= 0.6 is 0 Å². The van der Waals surface area contributed by atoms with Gasteiger partial charge in [-0.05, 0) is 0 Å². The second kappa shape index (κ2) is 6.02. The van der Waals surface area contributed by atoms with Gasteiger partial charge in [-0.3, -0.25) is 8.74 Å². The molecule has 0 heterocycles. The fourth-order valence-corrected chi connectivity index (χ4v) is 0.517. The highest BCUT2D eigenvalue weighted by atomic mass is 32.2. The van der Waals surface area contributed by atoms with Gasteiger partial charge in [-0.25, -0.2) is 4.79 Å². The first kappa shape index (κ1) is 10.3. The summed E-state index contributed by atoms with van der Waals surface area (Å²) >= 11 is -2.30. The molecular formula is C5H8O5S. The monoisotopic (exact) mass is 180 g/mol. The number of carbonyl (C=O) groups is 1. The summed E-state index contributed by atoms with van der Waals surface area (Å²) in [4.78, 5) is 10.3. The van der Waals surface area contributed by atoms with Gasteiger partial charge in [0.1, 0.15) is 13.2 Å². The normalized spacial score (nSPS) is 12.1. The van der Waals surface area contributed by atoms with Crippen molar-refractivity contribution in [1.82, 2.24) is 0 Å². The van der Waals surface area contributed by atoms with E-state index >= 15 is 0 Å². The Kier molecular flexibility index (Phi) is 5.63. The van der Waals surface area contributed by atoms with Gasteiger partial charge in [-0.15, -0.1) is 0 Å². The molecule has 0 rings (SSSR count). The van der Waals surface area contributed by atoms with E-state index in [-0.39, 0.29) is 13.2 Å². The van der Waals surface area contributed by atoms with E-state index in [0.29, 0.717) is 0 Å². The quantitative estimate of drug-likeness (QED) is 0.276. The Labute approximate surface area is 66.5 Å². The minimum absolute atomic E-state index is 0.0584. The Morgan fingerprint density at radius 3 is 2.73 bits per heavy atom. The standard InChI is InChI=1S/C5H8O5S/c1-2-5(6)9-3-4-10-11(7)8/h2H,1,3-4H2,(H,7,8). The zero-order valence-electron chi connectivity index (χ0n) is 5.69. The molecule has 0 saturated heterocycles. The Balaban J connectivity index is 3.21. The summed E-state index contributed by atoms with van der Waals surface area (Å²) in [6, 6.07) is 0. The van der Waals surface area contributed by atoms with Crippen molar-refractivity contribution in [3.8, 4) is 0 Å². The average Bonchev–Trinajstić information content (AvgIpc) is 1.97. The molecule has 0 aromatic carbocycles. The molecule has 1 unspecified atom stereocenters. The van der Waals surface area contributed by atoms with Crippen molar-refractivity contribution in [2.24, 2.45) is 0 Å². The number of esters is 1. The molecule has 64 valence electrons. The Morgan fingerprint density at radius 1 is 1.64 bits per heavy atom. The lowest BCUT2D eigenvalue weighted by molar-refractivity contribution is -0.138. The van der Waals surface area contributed by atoms with E-state index in [1.54, 1.807) is 0 Å². The average molecular weight is 180 g/mol. The van der Waals surface area contributed by atoms with Crippen molar-refractivity contribution < 1.29 is 22.5 Å². The first-order chi connectivity index (χ1) is 5.16. The van der Waals surface area contributed by atoms with Crippen LogP contribution < -0.4 is 0 Å². The summed E-state index contributed by atoms with van der Waals surface area (Å²) in [5.74, 6) is -0.586. The Bertz CT molecular complexity index is 166. The molecule has 0 aliphatic carbocycles. The number of rotatable bonds is 5. The highest BCUT2D eigenvalue weighted by Crippen LogP contribution is 1.82. The van der Waals surface area contributed by atoms with Gasteiger partial charge in [0.15, 0.2) is 0 Å². The molecule has 6 heteroatoms. The third-order valence-electron chi connectivity index (χ3n) is 0.678. The van der Waals surface area contributed by atoms with E-state index in [9.17, 15) is 9.00 Å². The smallest absolute Gasteiger partial charge is 0.330 e. The number of hydrogen-bond acceptors (Lipinski definition) is 4. The van der Waals surface area contributed by atoms with E-state index in [2.05, 4.69) is 15.5 Å². The lowest BCUT2D eigenvalue weighted by Crippen LogP contribution is -2.08. The maximum Gasteiger partial charge on any atom is 0.330 e. The van der Waals surface area contributed by atoms with Crippen LogP contribution in [0.5, 0.6) is 0 Å². The minimum atomic E-state index is -2.30. The molecule has 0 radical (unpaired) electrons. The Morgan fingerprint density at radius 2 is 2.27 bits per heavy atom. The maximum atomic E-state index is 10.3. The summed E-state index contributed by atoms with van der Waals surface area (Å²) in [6.07, 6.45) is 0.996. The van der Waals surface area contributed by atoms with Crippen LogP contribution in [0.25, 0.3) is 0 Å². The van der Waals surface area contributed by atoms with Crippen LogP contribution in [-0.2, 0) is 25.1 Å². The third kappa shape index (κ3) is 7.17. The van der Waals surface area contributed by atoms with Crippen molar-refractivity contribution in [3.05, 3.63) is 12.7 Å². The van der Waals surface area contributed by atoms with Gasteiger partial charge < -0.3 is 4.74 Å². The molecule has 0 aromatic rings. The molecule has 0 spiro atoms. The van der Waals surface area contributed by atoms with E-state index in [1.807, 2.05) is 0 Å². The molecule has 5 nitrogen and oxygen atoms in total. The van der Waals surface area contributed by atoms with Crippen molar-refractivity contribution >= 4 is 17.3 Å². The molecule has 0 bridgehead atoms. The molecule has 1 N–H and O–H groups in total. The van der Waals surface area contributed by atoms with Gasteiger partial charge in [0.2, 0.25) is 0 Å². The van der Waals surface area contributed by atoms with Gasteiger partial charge in [-0.2, -0.15) is 4.21 Å². The number of ether oxygens (including phenoxy) is 1. The fraction of sp³-hybridized carbons (Fsp3) is 0.400. The summed E-state index contributed by atoms with van der Waals surface area (Å²) in [6.45, 7) is 2.98. The fourth-order valence-electron chi connectivity index (χ4n) is 0.306. The predicted molar refractivity (Wildman–Crippen MR) is 37.9 cm³/mol. The van der Waals surface area contributed by atoms with Crippen LogP contribution in [0.2, 0.25) is 0 Å². The van der Waals surface area contributed by atoms with Crippen molar-refractivity contribution in [1.29, 1.82) is 0 Å². The van der Waals surface area contributed by atoms with E-state index in [1.165, 1.54) is 0 Å². The maximum absolute atomic E-state index is 10.3. The van der Waals surface area contributed by atoms with Gasteiger partial charge in [0, 0.05) is 6.08 Å². The molecule has 0 aromatic heterocycles. The van der Waals surface area contributed by atoms with E-state index < -0.39 is 17.3 Å². The van der Waals surface area contributed by atoms with Crippen molar-refractivity contribution in [2.45, 2.75) is 0 Å². The molecule has 0 aliphatic heterocycles. The summed E-state index contributed by atoms with van der Waals surface area (Å²) in [5, 5.41) is 0. The summed E-state index contributed by atoms with van der Waals surface area (Å²) in [7, 11) is 0. The first-order valence-corrected chi connectivity index (χ1v) is 3.73. The third-order valence-corrected chi connectivity index (χ3v) is 1.05. The van der Waals surface area contributed by atoms with Crippen LogP contribution in [0, 0.1) is 0 Å². The Hall–Kier alpha value is -0.720. The van der Waals surface area contributed by atoms with Crippen LogP contribution in [-0.4, -0.2) is 27.9 Å². The van der Waals surface area contributed by atoms with E-state index in [0.717, 1.165) is 6.08 Å². The van der Waals surface area contributed by atoms with Gasteiger partial charge in [-0.1, -0.05) is 6.58 Å². The first-order valence-electron chi connectivity index (χ1n) is 2.70. The number of hydrogen-bond donors (Lipinski definition) is 1. The highest BCUT2D eigenvalue weighted by molar-refractivity contribution is 7.74. The SMILES string of the molecule is C=CC(=O)OCCOS(=O)O. The van der Waals surface area contributed by atoms with Crippen LogP contribution in [0.15, 0.2) is 12.7 Å². The summed E-state index contributed by atoms with van der Waals surface area (Å²) in [5.41, 5.74) is 0. The van der Waals surface area contributed by atoms with Gasteiger partial charge >= 0.3 is 17.3 Å². The van der Waals surface area contributed by atoms with Crippen molar-refractivity contribution in [2.75, 3.05) is 13.2 Å². The largest absolute Gasteiger partial charge is 0.460 e. The highest BCUT2D eigenvalue weighted by Gasteiger charge is 1.96. The van der Waals surface area contributed by atoms with Gasteiger partial charge in [0.25, 0.3) is 0 Å². The molecule has 11 heavy (non-hydrogen) atoms. The van der Waals surface area contributed by atoms with Crippen LogP contribution in [0.3, 0.4) is 0 Å². The molecule has 0 fully saturated rings. The molecule has 0 amide bonds.